The largest absolute Gasteiger partial charge is 0.395 e. The lowest BCUT2D eigenvalue weighted by Gasteiger charge is -2.23. The maximum absolute atomic E-state index is 12.1. The van der Waals surface area contributed by atoms with Gasteiger partial charge in [0.15, 0.2) is 0 Å². The predicted molar refractivity (Wildman–Crippen MR) is 89.6 cm³/mol. The van der Waals surface area contributed by atoms with Crippen LogP contribution in [-0.4, -0.2) is 36.2 Å². The van der Waals surface area contributed by atoms with Crippen LogP contribution in [-0.2, 0) is 4.79 Å². The van der Waals surface area contributed by atoms with Crippen molar-refractivity contribution >= 4 is 33.6 Å². The predicted octanol–water partition coefficient (Wildman–Crippen LogP) is 2.09. The molecule has 1 rings (SSSR count). The SMILES string of the molecule is CC[C@H](C)C(NC(=O)Nc1ccc(Br)cc1)C(=O)NCCO. The van der Waals surface area contributed by atoms with Gasteiger partial charge >= 0.3 is 6.03 Å². The number of amides is 3. The minimum atomic E-state index is -0.646. The third-order valence-electron chi connectivity index (χ3n) is 3.30. The highest BCUT2D eigenvalue weighted by atomic mass is 79.9. The van der Waals surface area contributed by atoms with Crippen molar-refractivity contribution in [1.82, 2.24) is 10.6 Å². The fourth-order valence-electron chi connectivity index (χ4n) is 1.83. The number of aliphatic hydroxyl groups excluding tert-OH is 1. The number of rotatable bonds is 7. The Balaban J connectivity index is 2.65. The summed E-state index contributed by atoms with van der Waals surface area (Å²) in [7, 11) is 0. The minimum absolute atomic E-state index is 0.0191. The van der Waals surface area contributed by atoms with E-state index in [1.807, 2.05) is 26.0 Å². The average molecular weight is 372 g/mol. The number of aliphatic hydroxyl groups is 1. The Morgan fingerprint density at radius 3 is 2.45 bits per heavy atom. The van der Waals surface area contributed by atoms with Gasteiger partial charge in [0.05, 0.1) is 6.61 Å². The molecule has 2 atom stereocenters. The van der Waals surface area contributed by atoms with E-state index in [-0.39, 0.29) is 25.0 Å². The zero-order valence-electron chi connectivity index (χ0n) is 12.7. The molecule has 4 N–H and O–H groups in total. The molecule has 22 heavy (non-hydrogen) atoms. The third kappa shape index (κ3) is 6.03. The number of carbonyl (C=O) groups is 2. The summed E-state index contributed by atoms with van der Waals surface area (Å²) >= 11 is 3.32. The number of urea groups is 1. The Kier molecular flexibility index (Phi) is 7.90. The molecule has 0 saturated heterocycles. The topological polar surface area (TPSA) is 90.5 Å². The van der Waals surface area contributed by atoms with E-state index in [2.05, 4.69) is 31.9 Å². The van der Waals surface area contributed by atoms with Gasteiger partial charge in [-0.2, -0.15) is 0 Å². The zero-order chi connectivity index (χ0) is 16.5. The highest BCUT2D eigenvalue weighted by Gasteiger charge is 2.25. The molecular formula is C15H22BrN3O3. The summed E-state index contributed by atoms with van der Waals surface area (Å²) in [6.07, 6.45) is 0.746. The van der Waals surface area contributed by atoms with E-state index in [4.69, 9.17) is 5.11 Å². The molecule has 3 amide bonds. The highest BCUT2D eigenvalue weighted by molar-refractivity contribution is 9.10. The minimum Gasteiger partial charge on any atom is -0.395 e. The second-order valence-electron chi connectivity index (χ2n) is 4.98. The summed E-state index contributed by atoms with van der Waals surface area (Å²) < 4.78 is 0.916. The van der Waals surface area contributed by atoms with Crippen LogP contribution >= 0.6 is 15.9 Å². The summed E-state index contributed by atoms with van der Waals surface area (Å²) in [6, 6.07) is 6.06. The van der Waals surface area contributed by atoms with Crippen LogP contribution in [0.2, 0.25) is 0 Å². The van der Waals surface area contributed by atoms with Gasteiger partial charge in [-0.15, -0.1) is 0 Å². The van der Waals surface area contributed by atoms with Crippen LogP contribution in [0.25, 0.3) is 0 Å². The first-order valence-corrected chi connectivity index (χ1v) is 7.98. The summed E-state index contributed by atoms with van der Waals surface area (Å²) in [4.78, 5) is 24.1. The highest BCUT2D eigenvalue weighted by Crippen LogP contribution is 2.14. The number of benzene rings is 1. The van der Waals surface area contributed by atoms with Crippen molar-refractivity contribution in [1.29, 1.82) is 0 Å². The summed E-state index contributed by atoms with van der Waals surface area (Å²) in [5.41, 5.74) is 0.638. The lowest BCUT2D eigenvalue weighted by atomic mass is 9.98. The van der Waals surface area contributed by atoms with Crippen molar-refractivity contribution in [2.75, 3.05) is 18.5 Å². The van der Waals surface area contributed by atoms with Gasteiger partial charge in [0.25, 0.3) is 0 Å². The van der Waals surface area contributed by atoms with Crippen molar-refractivity contribution < 1.29 is 14.7 Å². The Morgan fingerprint density at radius 2 is 1.91 bits per heavy atom. The first-order valence-electron chi connectivity index (χ1n) is 7.19. The normalized spacial score (nSPS) is 13.1. The maximum atomic E-state index is 12.1. The van der Waals surface area contributed by atoms with Crippen LogP contribution in [0.1, 0.15) is 20.3 Å². The van der Waals surface area contributed by atoms with Crippen molar-refractivity contribution in [3.63, 3.8) is 0 Å². The second kappa shape index (κ2) is 9.42. The lowest BCUT2D eigenvalue weighted by Crippen LogP contribution is -2.51. The van der Waals surface area contributed by atoms with Gasteiger partial charge in [-0.1, -0.05) is 36.2 Å². The molecular weight excluding hydrogens is 350 g/mol. The fraction of sp³-hybridized carbons (Fsp3) is 0.467. The quantitative estimate of drug-likeness (QED) is 0.591. The fourth-order valence-corrected chi connectivity index (χ4v) is 2.10. The van der Waals surface area contributed by atoms with Crippen LogP contribution in [0.5, 0.6) is 0 Å². The van der Waals surface area contributed by atoms with Gasteiger partial charge in [-0.3, -0.25) is 4.79 Å². The van der Waals surface area contributed by atoms with E-state index in [0.29, 0.717) is 5.69 Å². The molecule has 1 aromatic rings. The first kappa shape index (κ1) is 18.4. The van der Waals surface area contributed by atoms with Crippen LogP contribution in [0.15, 0.2) is 28.7 Å². The van der Waals surface area contributed by atoms with Crippen molar-refractivity contribution in [3.05, 3.63) is 28.7 Å². The van der Waals surface area contributed by atoms with Gasteiger partial charge in [0.1, 0.15) is 6.04 Å². The van der Waals surface area contributed by atoms with E-state index in [1.54, 1.807) is 12.1 Å². The summed E-state index contributed by atoms with van der Waals surface area (Å²) in [5, 5.41) is 16.7. The average Bonchev–Trinajstić information content (AvgIpc) is 2.51. The van der Waals surface area contributed by atoms with Crippen LogP contribution in [0.4, 0.5) is 10.5 Å². The molecule has 6 nitrogen and oxygen atoms in total. The zero-order valence-corrected chi connectivity index (χ0v) is 14.3. The first-order chi connectivity index (χ1) is 10.5. The molecule has 0 aliphatic rings. The molecule has 1 aromatic carbocycles. The Hall–Kier alpha value is -1.60. The van der Waals surface area contributed by atoms with Gasteiger partial charge in [0.2, 0.25) is 5.91 Å². The molecule has 1 unspecified atom stereocenters. The number of anilines is 1. The smallest absolute Gasteiger partial charge is 0.319 e. The summed E-state index contributed by atoms with van der Waals surface area (Å²) in [6.45, 7) is 3.88. The van der Waals surface area contributed by atoms with E-state index < -0.39 is 12.1 Å². The van der Waals surface area contributed by atoms with E-state index in [9.17, 15) is 9.59 Å². The second-order valence-corrected chi connectivity index (χ2v) is 5.90. The van der Waals surface area contributed by atoms with Crippen molar-refractivity contribution in [3.8, 4) is 0 Å². The molecule has 0 radical (unpaired) electrons. The van der Waals surface area contributed by atoms with Gasteiger partial charge in [-0.25, -0.2) is 4.79 Å². The maximum Gasteiger partial charge on any atom is 0.319 e. The van der Waals surface area contributed by atoms with Crippen molar-refractivity contribution in [2.45, 2.75) is 26.3 Å². The number of nitrogens with one attached hydrogen (secondary N) is 3. The molecule has 0 aromatic heterocycles. The van der Waals surface area contributed by atoms with Crippen molar-refractivity contribution in [2.24, 2.45) is 5.92 Å². The standard InChI is InChI=1S/C15H22BrN3O3/c1-3-10(2)13(14(21)17-8-9-20)19-15(22)18-12-6-4-11(16)5-7-12/h4-7,10,13,20H,3,8-9H2,1-2H3,(H,17,21)(H2,18,19,22)/t10-,13?/m0/s1. The molecule has 0 aliphatic carbocycles. The van der Waals surface area contributed by atoms with Gasteiger partial charge in [-0.05, 0) is 30.2 Å². The molecule has 0 aliphatic heterocycles. The lowest BCUT2D eigenvalue weighted by molar-refractivity contribution is -0.124. The van der Waals surface area contributed by atoms with Crippen LogP contribution in [0, 0.1) is 5.92 Å². The monoisotopic (exact) mass is 371 g/mol. The van der Waals surface area contributed by atoms with Gasteiger partial charge in [0, 0.05) is 16.7 Å². The number of halogens is 1. The Labute approximate surface area is 138 Å². The van der Waals surface area contributed by atoms with Gasteiger partial charge < -0.3 is 21.1 Å². The van der Waals surface area contributed by atoms with E-state index in [1.165, 1.54) is 0 Å². The summed E-state index contributed by atoms with van der Waals surface area (Å²) in [5.74, 6) is -0.316. The molecule has 0 heterocycles. The molecule has 0 saturated carbocycles. The molecule has 122 valence electrons. The number of carbonyl (C=O) groups excluding carboxylic acids is 2. The number of hydrogen-bond donors (Lipinski definition) is 4. The Bertz CT molecular complexity index is 493. The third-order valence-corrected chi connectivity index (χ3v) is 3.82. The van der Waals surface area contributed by atoms with E-state index in [0.717, 1.165) is 10.9 Å². The molecule has 0 spiro atoms. The molecule has 0 bridgehead atoms. The van der Waals surface area contributed by atoms with Crippen LogP contribution < -0.4 is 16.0 Å². The molecule has 0 fully saturated rings. The van der Waals surface area contributed by atoms with Crippen LogP contribution in [0.3, 0.4) is 0 Å². The molecule has 7 heteroatoms. The Morgan fingerprint density at radius 1 is 1.27 bits per heavy atom. The van der Waals surface area contributed by atoms with E-state index >= 15 is 0 Å². The number of hydrogen-bond acceptors (Lipinski definition) is 3.